The maximum absolute atomic E-state index is 3.82. The van der Waals surface area contributed by atoms with Crippen LogP contribution in [0.3, 0.4) is 0 Å². The summed E-state index contributed by atoms with van der Waals surface area (Å²) in [5.41, 5.74) is 0.431. The van der Waals surface area contributed by atoms with Crippen LogP contribution in [0.2, 0.25) is 0 Å². The fourth-order valence-corrected chi connectivity index (χ4v) is 3.53. The van der Waals surface area contributed by atoms with Gasteiger partial charge >= 0.3 is 0 Å². The summed E-state index contributed by atoms with van der Waals surface area (Å²) in [5.74, 6) is 0.941. The molecule has 3 unspecified atom stereocenters. The van der Waals surface area contributed by atoms with Gasteiger partial charge < -0.3 is 10.6 Å². The molecular weight excluding hydrogens is 196 g/mol. The van der Waals surface area contributed by atoms with E-state index in [1.54, 1.807) is 0 Å². The molecule has 1 saturated heterocycles. The first-order chi connectivity index (χ1) is 7.74. The van der Waals surface area contributed by atoms with Crippen molar-refractivity contribution >= 4 is 0 Å². The van der Waals surface area contributed by atoms with Crippen LogP contribution in [0, 0.1) is 5.92 Å². The smallest absolute Gasteiger partial charge is 0.0306 e. The Balaban J connectivity index is 1.78. The summed E-state index contributed by atoms with van der Waals surface area (Å²) in [4.78, 5) is 0. The minimum absolute atomic E-state index is 0.431. The minimum atomic E-state index is 0.431. The molecule has 0 aromatic carbocycles. The summed E-state index contributed by atoms with van der Waals surface area (Å²) >= 11 is 0. The van der Waals surface area contributed by atoms with Gasteiger partial charge in [0.05, 0.1) is 0 Å². The standard InChI is InChI=1S/C14H28N2/c1-3-7-14(8-4-9-16-14)11-15-13-6-5-12(2)10-13/h12-13,15-16H,3-11H2,1-2H3. The van der Waals surface area contributed by atoms with E-state index in [4.69, 9.17) is 0 Å². The van der Waals surface area contributed by atoms with Crippen molar-refractivity contribution in [2.24, 2.45) is 5.92 Å². The highest BCUT2D eigenvalue weighted by molar-refractivity contribution is 4.95. The van der Waals surface area contributed by atoms with Crippen molar-refractivity contribution in [1.82, 2.24) is 10.6 Å². The summed E-state index contributed by atoms with van der Waals surface area (Å²) < 4.78 is 0. The maximum Gasteiger partial charge on any atom is 0.0306 e. The van der Waals surface area contributed by atoms with Crippen LogP contribution >= 0.6 is 0 Å². The molecule has 94 valence electrons. The lowest BCUT2D eigenvalue weighted by Crippen LogP contribution is -2.50. The van der Waals surface area contributed by atoms with E-state index < -0.39 is 0 Å². The highest BCUT2D eigenvalue weighted by atomic mass is 15.1. The Kier molecular flexibility index (Phi) is 4.26. The van der Waals surface area contributed by atoms with Crippen molar-refractivity contribution in [3.8, 4) is 0 Å². The molecule has 0 aromatic rings. The van der Waals surface area contributed by atoms with Crippen LogP contribution in [0.15, 0.2) is 0 Å². The van der Waals surface area contributed by atoms with Crippen molar-refractivity contribution in [2.45, 2.75) is 70.4 Å². The molecule has 2 rings (SSSR count). The van der Waals surface area contributed by atoms with Crippen molar-refractivity contribution in [1.29, 1.82) is 0 Å². The maximum atomic E-state index is 3.82. The first-order valence-corrected chi connectivity index (χ1v) is 7.22. The summed E-state index contributed by atoms with van der Waals surface area (Å²) in [7, 11) is 0. The second-order valence-electron chi connectivity index (χ2n) is 6.06. The summed E-state index contributed by atoms with van der Waals surface area (Å²) in [6, 6.07) is 0.797. The van der Waals surface area contributed by atoms with E-state index in [2.05, 4.69) is 24.5 Å². The Morgan fingerprint density at radius 2 is 2.25 bits per heavy atom. The van der Waals surface area contributed by atoms with E-state index in [9.17, 15) is 0 Å². The molecule has 16 heavy (non-hydrogen) atoms. The molecule has 0 radical (unpaired) electrons. The van der Waals surface area contributed by atoms with Gasteiger partial charge in [0.1, 0.15) is 0 Å². The third-order valence-corrected chi connectivity index (χ3v) is 4.48. The van der Waals surface area contributed by atoms with E-state index in [0.717, 1.165) is 12.0 Å². The van der Waals surface area contributed by atoms with Gasteiger partial charge in [0.15, 0.2) is 0 Å². The van der Waals surface area contributed by atoms with Gasteiger partial charge in [-0.25, -0.2) is 0 Å². The zero-order valence-corrected chi connectivity index (χ0v) is 11.0. The third-order valence-electron chi connectivity index (χ3n) is 4.48. The van der Waals surface area contributed by atoms with E-state index >= 15 is 0 Å². The molecule has 3 atom stereocenters. The normalized spacial score (nSPS) is 39.4. The Morgan fingerprint density at radius 3 is 2.81 bits per heavy atom. The van der Waals surface area contributed by atoms with Gasteiger partial charge in [0, 0.05) is 18.1 Å². The lowest BCUT2D eigenvalue weighted by atomic mass is 9.91. The van der Waals surface area contributed by atoms with Gasteiger partial charge in [-0.3, -0.25) is 0 Å². The summed E-state index contributed by atoms with van der Waals surface area (Å²) in [5, 5.41) is 7.56. The molecule has 0 aromatic heterocycles. The second-order valence-corrected chi connectivity index (χ2v) is 6.06. The Labute approximate surface area is 101 Å². The second kappa shape index (κ2) is 5.50. The number of nitrogens with one attached hydrogen (secondary N) is 2. The molecule has 2 nitrogen and oxygen atoms in total. The van der Waals surface area contributed by atoms with E-state index in [0.29, 0.717) is 5.54 Å². The van der Waals surface area contributed by atoms with E-state index in [1.807, 2.05) is 0 Å². The van der Waals surface area contributed by atoms with E-state index in [1.165, 1.54) is 58.0 Å². The fourth-order valence-electron chi connectivity index (χ4n) is 3.53. The predicted octanol–water partition coefficient (Wildman–Crippen LogP) is 2.69. The molecule has 2 N–H and O–H groups in total. The Hall–Kier alpha value is -0.0800. The summed E-state index contributed by atoms with van der Waals surface area (Å²) in [6.07, 6.45) is 9.58. The summed E-state index contributed by atoms with van der Waals surface area (Å²) in [6.45, 7) is 7.11. The van der Waals surface area contributed by atoms with Crippen LogP contribution in [0.4, 0.5) is 0 Å². The molecule has 2 aliphatic rings. The molecule has 1 saturated carbocycles. The molecule has 1 heterocycles. The largest absolute Gasteiger partial charge is 0.312 e. The fraction of sp³-hybridized carbons (Fsp3) is 1.00. The minimum Gasteiger partial charge on any atom is -0.312 e. The molecular formula is C14H28N2. The van der Waals surface area contributed by atoms with Gasteiger partial charge in [0.25, 0.3) is 0 Å². The van der Waals surface area contributed by atoms with E-state index in [-0.39, 0.29) is 0 Å². The molecule has 2 fully saturated rings. The van der Waals surface area contributed by atoms with Crippen LogP contribution in [0.25, 0.3) is 0 Å². The average Bonchev–Trinajstić information content (AvgIpc) is 2.86. The first-order valence-electron chi connectivity index (χ1n) is 7.22. The monoisotopic (exact) mass is 224 g/mol. The van der Waals surface area contributed by atoms with Crippen LogP contribution in [-0.4, -0.2) is 24.7 Å². The third kappa shape index (κ3) is 2.98. The average molecular weight is 224 g/mol. The molecule has 1 aliphatic carbocycles. The van der Waals surface area contributed by atoms with Crippen LogP contribution in [-0.2, 0) is 0 Å². The zero-order valence-electron chi connectivity index (χ0n) is 11.0. The van der Waals surface area contributed by atoms with Gasteiger partial charge in [-0.1, -0.05) is 20.3 Å². The van der Waals surface area contributed by atoms with Gasteiger partial charge in [-0.15, -0.1) is 0 Å². The number of rotatable bonds is 5. The Morgan fingerprint density at radius 1 is 1.38 bits per heavy atom. The van der Waals surface area contributed by atoms with Crippen LogP contribution in [0.5, 0.6) is 0 Å². The zero-order chi connectivity index (χ0) is 11.4. The number of hydrogen-bond acceptors (Lipinski definition) is 2. The molecule has 0 bridgehead atoms. The van der Waals surface area contributed by atoms with Crippen LogP contribution in [0.1, 0.15) is 58.8 Å². The van der Waals surface area contributed by atoms with Gasteiger partial charge in [0.2, 0.25) is 0 Å². The first kappa shape index (κ1) is 12.4. The predicted molar refractivity (Wildman–Crippen MR) is 69.7 cm³/mol. The lowest BCUT2D eigenvalue weighted by molar-refractivity contribution is 0.307. The topological polar surface area (TPSA) is 24.1 Å². The lowest BCUT2D eigenvalue weighted by Gasteiger charge is -2.31. The number of hydrogen-bond donors (Lipinski definition) is 2. The highest BCUT2D eigenvalue weighted by Crippen LogP contribution is 2.27. The molecule has 0 amide bonds. The Bertz CT molecular complexity index is 209. The highest BCUT2D eigenvalue weighted by Gasteiger charge is 2.33. The van der Waals surface area contributed by atoms with Gasteiger partial charge in [-0.2, -0.15) is 0 Å². The molecule has 0 spiro atoms. The van der Waals surface area contributed by atoms with Crippen molar-refractivity contribution < 1.29 is 0 Å². The van der Waals surface area contributed by atoms with Gasteiger partial charge in [-0.05, 0) is 51.0 Å². The van der Waals surface area contributed by atoms with Crippen molar-refractivity contribution in [2.75, 3.05) is 13.1 Å². The quantitative estimate of drug-likeness (QED) is 0.750. The van der Waals surface area contributed by atoms with Crippen molar-refractivity contribution in [3.05, 3.63) is 0 Å². The SMILES string of the molecule is CCCC1(CNC2CCC(C)C2)CCCN1. The van der Waals surface area contributed by atoms with Crippen molar-refractivity contribution in [3.63, 3.8) is 0 Å². The molecule has 1 aliphatic heterocycles. The molecule has 2 heteroatoms. The van der Waals surface area contributed by atoms with Crippen LogP contribution < -0.4 is 10.6 Å².